The summed E-state index contributed by atoms with van der Waals surface area (Å²) in [5, 5.41) is 5.98. The summed E-state index contributed by atoms with van der Waals surface area (Å²) in [7, 11) is 0. The molecule has 7 nitrogen and oxygen atoms in total. The van der Waals surface area contributed by atoms with E-state index in [0.29, 0.717) is 18.3 Å². The highest BCUT2D eigenvalue weighted by atomic mass is 16.5. The highest BCUT2D eigenvalue weighted by Crippen LogP contribution is 2.16. The highest BCUT2D eigenvalue weighted by Gasteiger charge is 2.23. The van der Waals surface area contributed by atoms with E-state index in [2.05, 4.69) is 25.6 Å². The Kier molecular flexibility index (Phi) is 3.55. The van der Waals surface area contributed by atoms with Crippen LogP contribution >= 0.6 is 0 Å². The molecule has 2 aliphatic rings. The lowest BCUT2D eigenvalue weighted by atomic mass is 10.1. The summed E-state index contributed by atoms with van der Waals surface area (Å²) >= 11 is 0. The van der Waals surface area contributed by atoms with Crippen LogP contribution in [0.1, 0.15) is 18.4 Å². The monoisotopic (exact) mass is 311 g/mol. The number of rotatable bonds is 2. The molecular weight excluding hydrogens is 294 g/mol. The van der Waals surface area contributed by atoms with Gasteiger partial charge >= 0.3 is 0 Å². The third kappa shape index (κ3) is 2.95. The molecule has 1 amide bonds. The fraction of sp³-hybridized carbons (Fsp3) is 0.312. The fourth-order valence-corrected chi connectivity index (χ4v) is 2.78. The Hall–Kier alpha value is -2.67. The number of imidazole rings is 1. The molecule has 23 heavy (non-hydrogen) atoms. The van der Waals surface area contributed by atoms with E-state index in [1.807, 2.05) is 18.2 Å². The van der Waals surface area contributed by atoms with Crippen LogP contribution in [0.3, 0.4) is 0 Å². The van der Waals surface area contributed by atoms with Crippen molar-refractivity contribution in [1.82, 2.24) is 20.6 Å². The van der Waals surface area contributed by atoms with Gasteiger partial charge in [0.2, 0.25) is 5.96 Å². The van der Waals surface area contributed by atoms with Crippen molar-refractivity contribution >= 4 is 29.0 Å². The molecule has 7 heteroatoms. The number of aliphatic imine (C=N–C) groups is 1. The smallest absolute Gasteiger partial charge is 0.276 e. The van der Waals surface area contributed by atoms with Gasteiger partial charge < -0.3 is 15.0 Å². The van der Waals surface area contributed by atoms with E-state index in [1.54, 1.807) is 12.4 Å². The lowest BCUT2D eigenvalue weighted by Gasteiger charge is -2.23. The first kappa shape index (κ1) is 14.0. The molecular formula is C16H17N5O2. The molecule has 0 spiro atoms. The van der Waals surface area contributed by atoms with Crippen molar-refractivity contribution in [3.8, 4) is 0 Å². The highest BCUT2D eigenvalue weighted by molar-refractivity contribution is 6.13. The van der Waals surface area contributed by atoms with Gasteiger partial charge in [-0.15, -0.1) is 0 Å². The molecule has 1 saturated heterocycles. The Labute approximate surface area is 132 Å². The minimum atomic E-state index is -0.202. The summed E-state index contributed by atoms with van der Waals surface area (Å²) in [5.74, 6) is 0.295. The summed E-state index contributed by atoms with van der Waals surface area (Å²) in [6.45, 7) is 1.45. The van der Waals surface area contributed by atoms with Gasteiger partial charge in [0.05, 0.1) is 30.0 Å². The zero-order valence-electron chi connectivity index (χ0n) is 12.5. The average Bonchev–Trinajstić information content (AvgIpc) is 3.15. The number of ether oxygens (including phenoxy) is 1. The molecule has 118 valence electrons. The molecule has 1 atom stereocenters. The number of carbonyl (C=O) groups is 1. The Bertz CT molecular complexity index is 802. The Balaban J connectivity index is 1.53. The molecule has 0 unspecified atom stereocenters. The molecule has 4 rings (SSSR count). The van der Waals surface area contributed by atoms with Crippen molar-refractivity contribution in [2.24, 2.45) is 4.99 Å². The molecule has 0 saturated carbocycles. The molecule has 1 aromatic carbocycles. The van der Waals surface area contributed by atoms with Gasteiger partial charge in [0.25, 0.3) is 5.91 Å². The van der Waals surface area contributed by atoms with Gasteiger partial charge in [-0.05, 0) is 36.6 Å². The van der Waals surface area contributed by atoms with Crippen LogP contribution in [0.5, 0.6) is 0 Å². The zero-order valence-corrected chi connectivity index (χ0v) is 12.5. The van der Waals surface area contributed by atoms with Crippen molar-refractivity contribution in [3.05, 3.63) is 35.8 Å². The predicted molar refractivity (Wildman–Crippen MR) is 86.6 cm³/mol. The number of guanidine groups is 1. The Morgan fingerprint density at radius 1 is 1.39 bits per heavy atom. The lowest BCUT2D eigenvalue weighted by molar-refractivity contribution is -0.115. The summed E-state index contributed by atoms with van der Waals surface area (Å²) in [4.78, 5) is 23.7. The maximum absolute atomic E-state index is 12.1. The minimum absolute atomic E-state index is 0.197. The number of aromatic nitrogens is 2. The molecule has 0 radical (unpaired) electrons. The Morgan fingerprint density at radius 2 is 2.35 bits per heavy atom. The first-order valence-electron chi connectivity index (χ1n) is 7.67. The third-order valence-electron chi connectivity index (χ3n) is 3.95. The molecule has 1 fully saturated rings. The first-order chi connectivity index (χ1) is 11.3. The second-order valence-corrected chi connectivity index (χ2v) is 5.68. The van der Waals surface area contributed by atoms with Gasteiger partial charge in [-0.25, -0.2) is 9.98 Å². The van der Waals surface area contributed by atoms with E-state index >= 15 is 0 Å². The number of carbonyl (C=O) groups excluding carboxylic acids is 1. The maximum atomic E-state index is 12.1. The van der Waals surface area contributed by atoms with Crippen molar-refractivity contribution in [2.75, 3.05) is 13.2 Å². The van der Waals surface area contributed by atoms with Gasteiger partial charge in [-0.1, -0.05) is 6.07 Å². The van der Waals surface area contributed by atoms with E-state index in [1.165, 1.54) is 0 Å². The Morgan fingerprint density at radius 3 is 3.22 bits per heavy atom. The third-order valence-corrected chi connectivity index (χ3v) is 3.95. The second-order valence-electron chi connectivity index (χ2n) is 5.68. The van der Waals surface area contributed by atoms with Crippen LogP contribution in [0.15, 0.2) is 35.2 Å². The van der Waals surface area contributed by atoms with Gasteiger partial charge in [-0.2, -0.15) is 0 Å². The number of nitrogens with one attached hydrogen (secondary N) is 3. The van der Waals surface area contributed by atoms with Crippen LogP contribution in [0, 0.1) is 0 Å². The largest absolute Gasteiger partial charge is 0.379 e. The van der Waals surface area contributed by atoms with Crippen LogP contribution in [0.2, 0.25) is 0 Å². The number of aromatic amines is 1. The van der Waals surface area contributed by atoms with Gasteiger partial charge in [0.15, 0.2) is 0 Å². The fourth-order valence-electron chi connectivity index (χ4n) is 2.78. The summed E-state index contributed by atoms with van der Waals surface area (Å²) < 4.78 is 5.42. The number of benzene rings is 1. The van der Waals surface area contributed by atoms with Crippen LogP contribution in [0.4, 0.5) is 0 Å². The van der Waals surface area contributed by atoms with Gasteiger partial charge in [-0.3, -0.25) is 10.1 Å². The van der Waals surface area contributed by atoms with Crippen molar-refractivity contribution in [1.29, 1.82) is 0 Å². The van der Waals surface area contributed by atoms with E-state index in [4.69, 9.17) is 4.74 Å². The SMILES string of the molecule is O=C1NC(N[C@H]2CCCOC2)=N/C1=C\c1ccc2[nH]cnc2c1. The molecule has 3 heterocycles. The number of hydrogen-bond donors (Lipinski definition) is 3. The molecule has 2 aliphatic heterocycles. The van der Waals surface area contributed by atoms with Crippen LogP contribution in [-0.4, -0.2) is 41.1 Å². The zero-order chi connectivity index (χ0) is 15.6. The van der Waals surface area contributed by atoms with E-state index < -0.39 is 0 Å². The average molecular weight is 311 g/mol. The summed E-state index contributed by atoms with van der Waals surface area (Å²) in [5.41, 5.74) is 3.10. The van der Waals surface area contributed by atoms with Gasteiger partial charge in [0.1, 0.15) is 5.70 Å². The van der Waals surface area contributed by atoms with Crippen LogP contribution < -0.4 is 10.6 Å². The molecule has 0 aliphatic carbocycles. The number of hydrogen-bond acceptors (Lipinski definition) is 5. The number of H-pyrrole nitrogens is 1. The molecule has 3 N–H and O–H groups in total. The maximum Gasteiger partial charge on any atom is 0.276 e. The molecule has 2 aromatic rings. The number of amides is 1. The minimum Gasteiger partial charge on any atom is -0.379 e. The summed E-state index contributed by atoms with van der Waals surface area (Å²) in [6, 6.07) is 5.98. The molecule has 0 bridgehead atoms. The standard InChI is InChI=1S/C16H17N5O2/c22-15-14(7-10-3-4-12-13(6-10)18-9-17-12)20-16(21-15)19-11-2-1-5-23-8-11/h3-4,6-7,9,11H,1-2,5,8H2,(H,17,18)(H2,19,20,21,22)/b14-7-/t11-/m0/s1. The normalized spacial score (nSPS) is 23.1. The topological polar surface area (TPSA) is 91.4 Å². The van der Waals surface area contributed by atoms with Crippen LogP contribution in [0.25, 0.3) is 17.1 Å². The van der Waals surface area contributed by atoms with E-state index in [-0.39, 0.29) is 11.9 Å². The van der Waals surface area contributed by atoms with Crippen molar-refractivity contribution < 1.29 is 9.53 Å². The lowest BCUT2D eigenvalue weighted by Crippen LogP contribution is -2.45. The summed E-state index contributed by atoms with van der Waals surface area (Å²) in [6.07, 6.45) is 5.45. The van der Waals surface area contributed by atoms with E-state index in [0.717, 1.165) is 36.0 Å². The predicted octanol–water partition coefficient (Wildman–Crippen LogP) is 1.16. The first-order valence-corrected chi connectivity index (χ1v) is 7.67. The second kappa shape index (κ2) is 5.85. The van der Waals surface area contributed by atoms with Gasteiger partial charge in [0, 0.05) is 6.61 Å². The van der Waals surface area contributed by atoms with E-state index in [9.17, 15) is 4.79 Å². The molecule has 1 aromatic heterocycles. The number of nitrogens with zero attached hydrogens (tertiary/aromatic N) is 2. The quantitative estimate of drug-likeness (QED) is 0.726. The number of fused-ring (bicyclic) bond motifs is 1. The van der Waals surface area contributed by atoms with Crippen LogP contribution in [-0.2, 0) is 9.53 Å². The van der Waals surface area contributed by atoms with Crippen molar-refractivity contribution in [2.45, 2.75) is 18.9 Å². The van der Waals surface area contributed by atoms with Crippen molar-refractivity contribution in [3.63, 3.8) is 0 Å².